The molecule has 0 saturated heterocycles. The lowest BCUT2D eigenvalue weighted by molar-refractivity contribution is 0.370. The molecular weight excluding hydrogens is 274 g/mol. The van der Waals surface area contributed by atoms with Gasteiger partial charge in [-0.3, -0.25) is 4.99 Å². The van der Waals surface area contributed by atoms with Crippen LogP contribution >= 0.6 is 11.6 Å². The summed E-state index contributed by atoms with van der Waals surface area (Å²) in [5, 5.41) is 0.696. The van der Waals surface area contributed by atoms with Crippen molar-refractivity contribution in [2.24, 2.45) is 10.8 Å². The number of hydrogen-bond acceptors (Lipinski definition) is 3. The van der Waals surface area contributed by atoms with Gasteiger partial charge in [0, 0.05) is 5.02 Å². The molecule has 0 bridgehead atoms. The SMILES string of the molecule is NNC(COc1ccc(Cl)cc1)=NC1CCCCCC1. The number of benzene rings is 1. The van der Waals surface area contributed by atoms with E-state index in [0.717, 1.165) is 18.6 Å². The van der Waals surface area contributed by atoms with Crippen molar-refractivity contribution in [3.05, 3.63) is 29.3 Å². The summed E-state index contributed by atoms with van der Waals surface area (Å²) in [5.74, 6) is 7.00. The van der Waals surface area contributed by atoms with Crippen LogP contribution in [-0.2, 0) is 0 Å². The highest BCUT2D eigenvalue weighted by Gasteiger charge is 2.12. The molecule has 1 aliphatic rings. The lowest BCUT2D eigenvalue weighted by atomic mass is 10.1. The number of aliphatic imine (C=N–C) groups is 1. The summed E-state index contributed by atoms with van der Waals surface area (Å²) >= 11 is 5.83. The standard InChI is InChI=1S/C15H22ClN3O/c16-12-7-9-14(10-8-12)20-11-15(19-17)18-13-5-3-1-2-4-6-13/h7-10,13H,1-6,11,17H2,(H,18,19). The number of rotatable bonds is 4. The molecule has 0 unspecified atom stereocenters. The lowest BCUT2D eigenvalue weighted by Gasteiger charge is -2.13. The van der Waals surface area contributed by atoms with Gasteiger partial charge in [0.2, 0.25) is 0 Å². The number of nitrogens with one attached hydrogen (secondary N) is 1. The fourth-order valence-corrected chi connectivity index (χ4v) is 2.53. The van der Waals surface area contributed by atoms with E-state index in [2.05, 4.69) is 10.4 Å². The van der Waals surface area contributed by atoms with E-state index >= 15 is 0 Å². The second-order valence-corrected chi connectivity index (χ2v) is 5.54. The molecule has 20 heavy (non-hydrogen) atoms. The van der Waals surface area contributed by atoms with Gasteiger partial charge in [0.05, 0.1) is 6.04 Å². The van der Waals surface area contributed by atoms with Crippen molar-refractivity contribution in [1.29, 1.82) is 0 Å². The van der Waals surface area contributed by atoms with Gasteiger partial charge in [-0.25, -0.2) is 5.84 Å². The predicted molar refractivity (Wildman–Crippen MR) is 83.2 cm³/mol. The number of amidine groups is 1. The van der Waals surface area contributed by atoms with Gasteiger partial charge in [-0.1, -0.05) is 37.3 Å². The molecule has 0 atom stereocenters. The zero-order valence-corrected chi connectivity index (χ0v) is 12.4. The zero-order chi connectivity index (χ0) is 14.2. The fraction of sp³-hybridized carbons (Fsp3) is 0.533. The first-order valence-corrected chi connectivity index (χ1v) is 7.57. The highest BCUT2D eigenvalue weighted by molar-refractivity contribution is 6.30. The van der Waals surface area contributed by atoms with Crippen molar-refractivity contribution in [1.82, 2.24) is 5.43 Å². The van der Waals surface area contributed by atoms with Crippen molar-refractivity contribution in [2.75, 3.05) is 6.61 Å². The van der Waals surface area contributed by atoms with Crippen LogP contribution in [0, 0.1) is 0 Å². The van der Waals surface area contributed by atoms with E-state index in [1.165, 1.54) is 25.7 Å². The smallest absolute Gasteiger partial charge is 0.149 e. The van der Waals surface area contributed by atoms with E-state index in [1.54, 1.807) is 12.1 Å². The van der Waals surface area contributed by atoms with E-state index < -0.39 is 0 Å². The summed E-state index contributed by atoms with van der Waals surface area (Å²) in [6, 6.07) is 7.64. The van der Waals surface area contributed by atoms with Crippen LogP contribution in [0.2, 0.25) is 5.02 Å². The first kappa shape index (κ1) is 15.1. The zero-order valence-electron chi connectivity index (χ0n) is 11.6. The first-order valence-electron chi connectivity index (χ1n) is 7.19. The van der Waals surface area contributed by atoms with Gasteiger partial charge in [0.15, 0.2) is 0 Å². The average Bonchev–Trinajstić information content (AvgIpc) is 2.73. The van der Waals surface area contributed by atoms with Crippen molar-refractivity contribution >= 4 is 17.4 Å². The van der Waals surface area contributed by atoms with E-state index in [4.69, 9.17) is 22.2 Å². The highest BCUT2D eigenvalue weighted by atomic mass is 35.5. The van der Waals surface area contributed by atoms with E-state index in [0.29, 0.717) is 23.5 Å². The minimum absolute atomic E-state index is 0.356. The van der Waals surface area contributed by atoms with Crippen LogP contribution in [0.4, 0.5) is 0 Å². The molecule has 0 aliphatic heterocycles. The van der Waals surface area contributed by atoms with Gasteiger partial charge in [0.1, 0.15) is 18.2 Å². The first-order chi connectivity index (χ1) is 9.78. The Hall–Kier alpha value is -1.26. The molecule has 1 aromatic carbocycles. The Morgan fingerprint density at radius 2 is 1.85 bits per heavy atom. The Morgan fingerprint density at radius 3 is 2.45 bits per heavy atom. The maximum atomic E-state index is 5.83. The minimum Gasteiger partial charge on any atom is -0.486 e. The summed E-state index contributed by atoms with van der Waals surface area (Å²) in [7, 11) is 0. The largest absolute Gasteiger partial charge is 0.486 e. The number of halogens is 1. The van der Waals surface area contributed by atoms with Crippen LogP contribution in [0.25, 0.3) is 0 Å². The Morgan fingerprint density at radius 1 is 1.20 bits per heavy atom. The molecule has 1 fully saturated rings. The molecular formula is C15H22ClN3O. The summed E-state index contributed by atoms with van der Waals surface area (Å²) < 4.78 is 5.65. The normalized spacial score (nSPS) is 17.6. The maximum absolute atomic E-state index is 5.83. The van der Waals surface area contributed by atoms with E-state index in [9.17, 15) is 0 Å². The number of ether oxygens (including phenoxy) is 1. The monoisotopic (exact) mass is 295 g/mol. The second-order valence-electron chi connectivity index (χ2n) is 5.11. The van der Waals surface area contributed by atoms with Crippen LogP contribution in [0.5, 0.6) is 5.75 Å². The summed E-state index contributed by atoms with van der Waals surface area (Å²) in [6.45, 7) is 0.356. The number of nitrogens with two attached hydrogens (primary N) is 1. The van der Waals surface area contributed by atoms with Crippen LogP contribution in [0.1, 0.15) is 38.5 Å². The van der Waals surface area contributed by atoms with Crippen molar-refractivity contribution < 1.29 is 4.74 Å². The third-order valence-electron chi connectivity index (χ3n) is 3.52. The molecule has 110 valence electrons. The maximum Gasteiger partial charge on any atom is 0.149 e. The van der Waals surface area contributed by atoms with Crippen LogP contribution in [-0.4, -0.2) is 18.5 Å². The van der Waals surface area contributed by atoms with Crippen molar-refractivity contribution in [3.8, 4) is 5.75 Å². The van der Waals surface area contributed by atoms with E-state index in [-0.39, 0.29) is 0 Å². The van der Waals surface area contributed by atoms with Crippen molar-refractivity contribution in [2.45, 2.75) is 44.6 Å². The van der Waals surface area contributed by atoms with Gasteiger partial charge in [-0.2, -0.15) is 0 Å². The highest BCUT2D eigenvalue weighted by Crippen LogP contribution is 2.20. The number of hydrogen-bond donors (Lipinski definition) is 2. The van der Waals surface area contributed by atoms with Gasteiger partial charge in [-0.05, 0) is 37.1 Å². The molecule has 4 nitrogen and oxygen atoms in total. The van der Waals surface area contributed by atoms with Gasteiger partial charge < -0.3 is 10.2 Å². The van der Waals surface area contributed by atoms with E-state index in [1.807, 2.05) is 12.1 Å². The molecule has 1 aliphatic carbocycles. The summed E-state index contributed by atoms with van der Waals surface area (Å²) in [4.78, 5) is 4.68. The molecule has 1 aromatic rings. The Balaban J connectivity index is 1.88. The number of nitrogens with zero attached hydrogens (tertiary/aromatic N) is 1. The quantitative estimate of drug-likeness (QED) is 0.294. The molecule has 1 saturated carbocycles. The van der Waals surface area contributed by atoms with Crippen LogP contribution in [0.15, 0.2) is 29.3 Å². The minimum atomic E-state index is 0.356. The Labute approximate surface area is 125 Å². The molecule has 0 spiro atoms. The third kappa shape index (κ3) is 5.02. The molecule has 2 rings (SSSR count). The molecule has 0 amide bonds. The Bertz CT molecular complexity index is 425. The molecule has 3 N–H and O–H groups in total. The Kier molecular flexibility index (Phi) is 6.15. The van der Waals surface area contributed by atoms with Crippen LogP contribution < -0.4 is 16.0 Å². The van der Waals surface area contributed by atoms with Gasteiger partial charge in [0.25, 0.3) is 0 Å². The number of hydrazine groups is 1. The third-order valence-corrected chi connectivity index (χ3v) is 3.77. The second kappa shape index (κ2) is 8.12. The topological polar surface area (TPSA) is 59.6 Å². The van der Waals surface area contributed by atoms with Gasteiger partial charge in [-0.15, -0.1) is 0 Å². The molecule has 0 aromatic heterocycles. The predicted octanol–water partition coefficient (Wildman–Crippen LogP) is 3.30. The molecule has 5 heteroatoms. The van der Waals surface area contributed by atoms with Gasteiger partial charge >= 0.3 is 0 Å². The molecule has 0 radical (unpaired) electrons. The van der Waals surface area contributed by atoms with Crippen LogP contribution in [0.3, 0.4) is 0 Å². The summed E-state index contributed by atoms with van der Waals surface area (Å²) in [6.07, 6.45) is 7.43. The summed E-state index contributed by atoms with van der Waals surface area (Å²) in [5.41, 5.74) is 2.65. The molecule has 0 heterocycles. The fourth-order valence-electron chi connectivity index (χ4n) is 2.41. The van der Waals surface area contributed by atoms with Crippen molar-refractivity contribution in [3.63, 3.8) is 0 Å². The average molecular weight is 296 g/mol. The lowest BCUT2D eigenvalue weighted by Crippen LogP contribution is -2.36.